The summed E-state index contributed by atoms with van der Waals surface area (Å²) in [6, 6.07) is 9.70. The Morgan fingerprint density at radius 3 is 2.80 bits per heavy atom. The average molecular weight is 288 g/mol. The van der Waals surface area contributed by atoms with Crippen molar-refractivity contribution in [1.29, 1.82) is 0 Å². The van der Waals surface area contributed by atoms with Gasteiger partial charge in [0.15, 0.2) is 5.17 Å². The highest BCUT2D eigenvalue weighted by molar-refractivity contribution is 8.18. The van der Waals surface area contributed by atoms with Gasteiger partial charge in [0.25, 0.3) is 5.91 Å². The van der Waals surface area contributed by atoms with Crippen molar-refractivity contribution in [2.75, 3.05) is 6.54 Å². The molecule has 1 aromatic carbocycles. The molecule has 1 amide bonds. The molecule has 0 unspecified atom stereocenters. The number of amides is 1. The molecule has 0 radical (unpaired) electrons. The van der Waals surface area contributed by atoms with Gasteiger partial charge in [-0.1, -0.05) is 42.5 Å². The smallest absolute Gasteiger partial charge is 0.325 e. The van der Waals surface area contributed by atoms with Crippen LogP contribution in [0, 0.1) is 0 Å². The van der Waals surface area contributed by atoms with E-state index in [4.69, 9.17) is 5.11 Å². The van der Waals surface area contributed by atoms with Crippen molar-refractivity contribution in [3.63, 3.8) is 0 Å². The van der Waals surface area contributed by atoms with E-state index in [1.54, 1.807) is 12.2 Å². The van der Waals surface area contributed by atoms with E-state index in [0.717, 1.165) is 17.3 Å². The Morgan fingerprint density at radius 2 is 2.10 bits per heavy atom. The highest BCUT2D eigenvalue weighted by Gasteiger charge is 2.22. The number of benzene rings is 1. The van der Waals surface area contributed by atoms with Crippen LogP contribution in [0.25, 0.3) is 6.08 Å². The van der Waals surface area contributed by atoms with Crippen LogP contribution in [-0.4, -0.2) is 28.7 Å². The van der Waals surface area contributed by atoms with E-state index < -0.39 is 5.97 Å². The predicted octanol–water partition coefficient (Wildman–Crippen LogP) is 1.89. The topological polar surface area (TPSA) is 78.8 Å². The van der Waals surface area contributed by atoms with Gasteiger partial charge in [-0.3, -0.25) is 14.6 Å². The number of rotatable bonds is 4. The third-order valence-electron chi connectivity index (χ3n) is 2.34. The monoisotopic (exact) mass is 288 g/mol. The standard InChI is InChI=1S/C14H12N2O3S/c17-12(18)9-15-14-16-13(19)11(20-14)8-4-7-10-5-2-1-3-6-10/h1-8H,9H2,(H,17,18)(H,15,16,19)/b7-4-,11-8-. The van der Waals surface area contributed by atoms with Crippen LogP contribution in [0.15, 0.2) is 52.4 Å². The minimum absolute atomic E-state index is 0.267. The van der Waals surface area contributed by atoms with Gasteiger partial charge in [-0.2, -0.15) is 0 Å². The second-order valence-corrected chi connectivity index (χ2v) is 4.90. The van der Waals surface area contributed by atoms with Gasteiger partial charge in [0.2, 0.25) is 0 Å². The van der Waals surface area contributed by atoms with Crippen LogP contribution in [0.4, 0.5) is 0 Å². The third kappa shape index (κ3) is 4.10. The fraction of sp³-hybridized carbons (Fsp3) is 0.0714. The molecule has 1 saturated heterocycles. The summed E-state index contributed by atoms with van der Waals surface area (Å²) in [5.41, 5.74) is 1.03. The van der Waals surface area contributed by atoms with Crippen LogP contribution in [0.1, 0.15) is 5.56 Å². The van der Waals surface area contributed by atoms with Gasteiger partial charge >= 0.3 is 5.97 Å². The van der Waals surface area contributed by atoms with E-state index in [1.807, 2.05) is 36.4 Å². The van der Waals surface area contributed by atoms with Crippen LogP contribution < -0.4 is 5.32 Å². The minimum atomic E-state index is -1.03. The molecule has 1 heterocycles. The summed E-state index contributed by atoms with van der Waals surface area (Å²) in [5.74, 6) is -1.30. The summed E-state index contributed by atoms with van der Waals surface area (Å²) in [5, 5.41) is 11.4. The molecule has 20 heavy (non-hydrogen) atoms. The maximum Gasteiger partial charge on any atom is 0.325 e. The second-order valence-electron chi connectivity index (χ2n) is 3.87. The number of carbonyl (C=O) groups excluding carboxylic acids is 1. The number of aliphatic imine (C=N–C) groups is 1. The maximum absolute atomic E-state index is 11.6. The summed E-state index contributed by atoms with van der Waals surface area (Å²) in [7, 11) is 0. The fourth-order valence-electron chi connectivity index (χ4n) is 1.47. The molecule has 0 bridgehead atoms. The lowest BCUT2D eigenvalue weighted by Crippen LogP contribution is -2.20. The molecular formula is C14H12N2O3S. The van der Waals surface area contributed by atoms with Crippen molar-refractivity contribution in [2.24, 2.45) is 4.99 Å². The lowest BCUT2D eigenvalue weighted by Gasteiger charge is -1.91. The zero-order valence-electron chi connectivity index (χ0n) is 10.4. The first-order valence-electron chi connectivity index (χ1n) is 5.84. The fourth-order valence-corrected chi connectivity index (χ4v) is 2.24. The quantitative estimate of drug-likeness (QED) is 0.829. The number of carbonyl (C=O) groups is 2. The van der Waals surface area contributed by atoms with Crippen molar-refractivity contribution >= 4 is 34.9 Å². The molecule has 1 aliphatic heterocycles. The van der Waals surface area contributed by atoms with Crippen LogP contribution in [0.5, 0.6) is 0 Å². The molecule has 2 rings (SSSR count). The zero-order chi connectivity index (χ0) is 14.4. The Hall–Kier alpha value is -2.34. The number of hydrogen-bond acceptors (Lipinski definition) is 4. The SMILES string of the molecule is O=C(O)CN=C1NC(=O)/C(=C/C=C\c2ccccc2)S1. The first-order chi connectivity index (χ1) is 9.65. The minimum Gasteiger partial charge on any atom is -0.480 e. The molecule has 0 spiro atoms. The number of carboxylic acid groups (broad SMARTS) is 1. The predicted molar refractivity (Wildman–Crippen MR) is 79.2 cm³/mol. The molecule has 1 aromatic rings. The first kappa shape index (κ1) is 14.1. The second kappa shape index (κ2) is 6.72. The average Bonchev–Trinajstić information content (AvgIpc) is 2.78. The molecule has 0 atom stereocenters. The van der Waals surface area contributed by atoms with Crippen LogP contribution in [-0.2, 0) is 9.59 Å². The van der Waals surface area contributed by atoms with Gasteiger partial charge in [-0.15, -0.1) is 0 Å². The molecule has 5 nitrogen and oxygen atoms in total. The zero-order valence-corrected chi connectivity index (χ0v) is 11.3. The van der Waals surface area contributed by atoms with E-state index >= 15 is 0 Å². The molecule has 0 aliphatic carbocycles. The molecule has 0 aromatic heterocycles. The summed E-state index contributed by atoms with van der Waals surface area (Å²) in [4.78, 5) is 26.3. The lowest BCUT2D eigenvalue weighted by atomic mass is 10.2. The Kier molecular flexibility index (Phi) is 4.73. The molecular weight excluding hydrogens is 276 g/mol. The Morgan fingerprint density at radius 1 is 1.35 bits per heavy atom. The third-order valence-corrected chi connectivity index (χ3v) is 3.31. The van der Waals surface area contributed by atoms with Crippen molar-refractivity contribution in [2.45, 2.75) is 0 Å². The van der Waals surface area contributed by atoms with E-state index in [1.165, 1.54) is 0 Å². The number of aliphatic carboxylic acids is 1. The molecule has 0 saturated carbocycles. The number of carboxylic acids is 1. The van der Waals surface area contributed by atoms with E-state index in [0.29, 0.717) is 10.1 Å². The number of hydrogen-bond donors (Lipinski definition) is 2. The number of nitrogens with zero attached hydrogens (tertiary/aromatic N) is 1. The van der Waals surface area contributed by atoms with Crippen molar-refractivity contribution in [3.8, 4) is 0 Å². The van der Waals surface area contributed by atoms with Crippen molar-refractivity contribution < 1.29 is 14.7 Å². The summed E-state index contributed by atoms with van der Waals surface area (Å²) in [6.45, 7) is -0.351. The van der Waals surface area contributed by atoms with Gasteiger partial charge in [-0.05, 0) is 23.4 Å². The number of nitrogens with one attached hydrogen (secondary N) is 1. The van der Waals surface area contributed by atoms with Gasteiger partial charge in [0.1, 0.15) is 6.54 Å². The lowest BCUT2D eigenvalue weighted by molar-refractivity contribution is -0.135. The van der Waals surface area contributed by atoms with Crippen molar-refractivity contribution in [1.82, 2.24) is 5.32 Å². The van der Waals surface area contributed by atoms with E-state index in [-0.39, 0.29) is 12.5 Å². The van der Waals surface area contributed by atoms with Gasteiger partial charge in [0.05, 0.1) is 4.91 Å². The Bertz CT molecular complexity index is 606. The Labute approximate surface area is 120 Å². The van der Waals surface area contributed by atoms with E-state index in [9.17, 15) is 9.59 Å². The summed E-state index contributed by atoms with van der Waals surface area (Å²) in [6.07, 6.45) is 5.33. The van der Waals surface area contributed by atoms with Crippen LogP contribution >= 0.6 is 11.8 Å². The first-order valence-corrected chi connectivity index (χ1v) is 6.65. The normalized spacial score (nSPS) is 18.9. The highest BCUT2D eigenvalue weighted by Crippen LogP contribution is 2.23. The molecule has 2 N–H and O–H groups in total. The Balaban J connectivity index is 2.01. The van der Waals surface area contributed by atoms with E-state index in [2.05, 4.69) is 10.3 Å². The summed E-state index contributed by atoms with van der Waals surface area (Å²) >= 11 is 1.13. The number of allylic oxidation sites excluding steroid dienone is 2. The van der Waals surface area contributed by atoms with Crippen LogP contribution in [0.3, 0.4) is 0 Å². The largest absolute Gasteiger partial charge is 0.480 e. The van der Waals surface area contributed by atoms with Crippen LogP contribution in [0.2, 0.25) is 0 Å². The van der Waals surface area contributed by atoms with Gasteiger partial charge in [0, 0.05) is 0 Å². The number of amidine groups is 1. The summed E-state index contributed by atoms with van der Waals surface area (Å²) < 4.78 is 0. The van der Waals surface area contributed by atoms with Crippen molar-refractivity contribution in [3.05, 3.63) is 53.0 Å². The highest BCUT2D eigenvalue weighted by atomic mass is 32.2. The van der Waals surface area contributed by atoms with Gasteiger partial charge < -0.3 is 10.4 Å². The molecule has 1 fully saturated rings. The maximum atomic E-state index is 11.6. The van der Waals surface area contributed by atoms with Gasteiger partial charge in [-0.25, -0.2) is 0 Å². The molecule has 102 valence electrons. The number of thioether (sulfide) groups is 1. The molecule has 1 aliphatic rings. The molecule has 6 heteroatoms.